The van der Waals surface area contributed by atoms with Crippen LogP contribution in [-0.2, 0) is 0 Å². The molecule has 0 aliphatic rings. The van der Waals surface area contributed by atoms with E-state index < -0.39 is 11.6 Å². The molecular formula is C13H12F2N4. The molecule has 0 atom stereocenters. The number of anilines is 1. The van der Waals surface area contributed by atoms with Crippen LogP contribution in [0.5, 0.6) is 0 Å². The van der Waals surface area contributed by atoms with Crippen molar-refractivity contribution in [2.24, 2.45) is 10.8 Å². The maximum absolute atomic E-state index is 13.4. The molecule has 6 heteroatoms. The van der Waals surface area contributed by atoms with Crippen molar-refractivity contribution in [1.29, 1.82) is 0 Å². The lowest BCUT2D eigenvalue weighted by Crippen LogP contribution is -2.36. The molecule has 0 saturated heterocycles. The van der Waals surface area contributed by atoms with Gasteiger partial charge in [0.15, 0.2) is 5.82 Å². The zero-order chi connectivity index (χ0) is 13.7. The van der Waals surface area contributed by atoms with Gasteiger partial charge >= 0.3 is 0 Å². The Bertz CT molecular complexity index is 584. The SMILES string of the molecule is NNC(=Nc1ccc(F)cc1F)Nc1ccccc1. The first-order valence-corrected chi connectivity index (χ1v) is 5.51. The first kappa shape index (κ1) is 13.0. The van der Waals surface area contributed by atoms with Crippen LogP contribution >= 0.6 is 0 Å². The minimum absolute atomic E-state index is 0.0159. The molecule has 2 aromatic carbocycles. The Morgan fingerprint density at radius 3 is 2.42 bits per heavy atom. The molecule has 0 aromatic heterocycles. The highest BCUT2D eigenvalue weighted by atomic mass is 19.1. The molecule has 4 N–H and O–H groups in total. The van der Waals surface area contributed by atoms with Crippen LogP contribution in [0.2, 0.25) is 0 Å². The van der Waals surface area contributed by atoms with E-state index in [0.717, 1.165) is 17.8 Å². The van der Waals surface area contributed by atoms with Gasteiger partial charge in [-0.15, -0.1) is 0 Å². The Balaban J connectivity index is 2.23. The van der Waals surface area contributed by atoms with E-state index in [1.807, 2.05) is 18.2 Å². The van der Waals surface area contributed by atoms with Crippen molar-refractivity contribution in [3.05, 3.63) is 60.2 Å². The lowest BCUT2D eigenvalue weighted by Gasteiger charge is -2.09. The first-order valence-electron chi connectivity index (χ1n) is 5.51. The summed E-state index contributed by atoms with van der Waals surface area (Å²) in [6.07, 6.45) is 0. The molecule has 4 nitrogen and oxygen atoms in total. The van der Waals surface area contributed by atoms with Gasteiger partial charge in [-0.1, -0.05) is 18.2 Å². The molecule has 0 fully saturated rings. The average molecular weight is 262 g/mol. The van der Waals surface area contributed by atoms with Gasteiger partial charge in [0.25, 0.3) is 0 Å². The van der Waals surface area contributed by atoms with Crippen molar-refractivity contribution in [3.8, 4) is 0 Å². The summed E-state index contributed by atoms with van der Waals surface area (Å²) in [5, 5.41) is 2.87. The number of benzene rings is 2. The number of hydrogen-bond donors (Lipinski definition) is 3. The molecule has 0 unspecified atom stereocenters. The fraction of sp³-hybridized carbons (Fsp3) is 0. The van der Waals surface area contributed by atoms with Gasteiger partial charge in [0.1, 0.15) is 11.5 Å². The lowest BCUT2D eigenvalue weighted by atomic mass is 10.3. The van der Waals surface area contributed by atoms with E-state index in [4.69, 9.17) is 5.84 Å². The molecule has 0 spiro atoms. The fourth-order valence-electron chi connectivity index (χ4n) is 1.45. The third-order valence-corrected chi connectivity index (χ3v) is 2.32. The largest absolute Gasteiger partial charge is 0.325 e. The highest BCUT2D eigenvalue weighted by molar-refractivity contribution is 5.94. The summed E-state index contributed by atoms with van der Waals surface area (Å²) in [6.45, 7) is 0. The number of hydrazine groups is 1. The van der Waals surface area contributed by atoms with Crippen molar-refractivity contribution in [2.75, 3.05) is 5.32 Å². The van der Waals surface area contributed by atoms with E-state index in [1.54, 1.807) is 12.1 Å². The molecule has 0 aliphatic heterocycles. The normalized spacial score (nSPS) is 11.2. The van der Waals surface area contributed by atoms with Crippen molar-refractivity contribution in [2.45, 2.75) is 0 Å². The third-order valence-electron chi connectivity index (χ3n) is 2.32. The molecule has 19 heavy (non-hydrogen) atoms. The van der Waals surface area contributed by atoms with Crippen LogP contribution < -0.4 is 16.6 Å². The number of nitrogens with two attached hydrogens (primary N) is 1. The Morgan fingerprint density at radius 2 is 1.79 bits per heavy atom. The number of para-hydroxylation sites is 1. The third kappa shape index (κ3) is 3.49. The molecule has 0 bridgehead atoms. The fourth-order valence-corrected chi connectivity index (χ4v) is 1.45. The number of aliphatic imine (C=N–C) groups is 1. The van der Waals surface area contributed by atoms with E-state index in [2.05, 4.69) is 15.7 Å². The number of guanidine groups is 1. The van der Waals surface area contributed by atoms with Crippen LogP contribution in [0.4, 0.5) is 20.2 Å². The lowest BCUT2D eigenvalue weighted by molar-refractivity contribution is 0.584. The molecule has 2 aromatic rings. The predicted octanol–water partition coefficient (Wildman–Crippen LogP) is 2.53. The standard InChI is InChI=1S/C13H12F2N4/c14-9-6-7-12(11(15)8-9)18-13(19-16)17-10-4-2-1-3-5-10/h1-8H,16H2,(H2,17,18,19). The minimum atomic E-state index is -0.761. The number of hydrogen-bond acceptors (Lipinski definition) is 2. The summed E-state index contributed by atoms with van der Waals surface area (Å²) in [5.74, 6) is 4.04. The Kier molecular flexibility index (Phi) is 4.04. The average Bonchev–Trinajstić information content (AvgIpc) is 2.42. The number of nitrogens with one attached hydrogen (secondary N) is 2. The highest BCUT2D eigenvalue weighted by Crippen LogP contribution is 2.18. The van der Waals surface area contributed by atoms with E-state index in [9.17, 15) is 8.78 Å². The van der Waals surface area contributed by atoms with Gasteiger partial charge in [-0.05, 0) is 24.3 Å². The number of halogens is 2. The van der Waals surface area contributed by atoms with Gasteiger partial charge in [-0.2, -0.15) is 0 Å². The summed E-state index contributed by atoms with van der Waals surface area (Å²) in [7, 11) is 0. The number of rotatable bonds is 2. The maximum atomic E-state index is 13.4. The Labute approximate surface area is 108 Å². The van der Waals surface area contributed by atoms with Gasteiger partial charge in [-0.3, -0.25) is 5.43 Å². The van der Waals surface area contributed by atoms with E-state index in [1.165, 1.54) is 6.07 Å². The summed E-state index contributed by atoms with van der Waals surface area (Å²) in [4.78, 5) is 3.94. The van der Waals surface area contributed by atoms with Crippen LogP contribution in [0.25, 0.3) is 0 Å². The summed E-state index contributed by atoms with van der Waals surface area (Å²) in [5.41, 5.74) is 3.04. The van der Waals surface area contributed by atoms with Crippen LogP contribution in [-0.4, -0.2) is 5.96 Å². The molecular weight excluding hydrogens is 250 g/mol. The van der Waals surface area contributed by atoms with Crippen molar-refractivity contribution >= 4 is 17.3 Å². The molecule has 0 saturated carbocycles. The number of nitrogens with zero attached hydrogens (tertiary/aromatic N) is 1. The van der Waals surface area contributed by atoms with Crippen molar-refractivity contribution in [1.82, 2.24) is 5.43 Å². The van der Waals surface area contributed by atoms with Crippen molar-refractivity contribution < 1.29 is 8.78 Å². The first-order chi connectivity index (χ1) is 9.19. The second-order valence-corrected chi connectivity index (χ2v) is 3.69. The van der Waals surface area contributed by atoms with Gasteiger partial charge in [0, 0.05) is 11.8 Å². The van der Waals surface area contributed by atoms with Crippen molar-refractivity contribution in [3.63, 3.8) is 0 Å². The molecule has 0 heterocycles. The van der Waals surface area contributed by atoms with Crippen LogP contribution in [0, 0.1) is 11.6 Å². The molecule has 2 rings (SSSR count). The van der Waals surface area contributed by atoms with E-state index in [-0.39, 0.29) is 11.6 Å². The topological polar surface area (TPSA) is 62.4 Å². The molecule has 0 radical (unpaired) electrons. The van der Waals surface area contributed by atoms with Crippen LogP contribution in [0.1, 0.15) is 0 Å². The Hall–Kier alpha value is -2.47. The second-order valence-electron chi connectivity index (χ2n) is 3.69. The summed E-state index contributed by atoms with van der Waals surface area (Å²) < 4.78 is 26.2. The quantitative estimate of drug-likeness (QED) is 0.337. The van der Waals surface area contributed by atoms with E-state index in [0.29, 0.717) is 0 Å². The minimum Gasteiger partial charge on any atom is -0.325 e. The predicted molar refractivity (Wildman–Crippen MR) is 70.8 cm³/mol. The summed E-state index contributed by atoms with van der Waals surface area (Å²) in [6, 6.07) is 12.2. The van der Waals surface area contributed by atoms with Crippen LogP contribution in [0.15, 0.2) is 53.5 Å². The summed E-state index contributed by atoms with van der Waals surface area (Å²) >= 11 is 0. The monoisotopic (exact) mass is 262 g/mol. The highest BCUT2D eigenvalue weighted by Gasteiger charge is 2.04. The van der Waals surface area contributed by atoms with Gasteiger partial charge in [0.2, 0.25) is 5.96 Å². The smallest absolute Gasteiger partial charge is 0.215 e. The van der Waals surface area contributed by atoms with Gasteiger partial charge < -0.3 is 5.32 Å². The molecule has 0 amide bonds. The van der Waals surface area contributed by atoms with E-state index >= 15 is 0 Å². The molecule has 98 valence electrons. The maximum Gasteiger partial charge on any atom is 0.215 e. The second kappa shape index (κ2) is 5.92. The molecule has 0 aliphatic carbocycles. The zero-order valence-corrected chi connectivity index (χ0v) is 9.90. The van der Waals surface area contributed by atoms with Gasteiger partial charge in [0.05, 0.1) is 0 Å². The Morgan fingerprint density at radius 1 is 1.05 bits per heavy atom. The van der Waals surface area contributed by atoms with Crippen LogP contribution in [0.3, 0.4) is 0 Å². The van der Waals surface area contributed by atoms with Gasteiger partial charge in [-0.25, -0.2) is 19.6 Å². The zero-order valence-electron chi connectivity index (χ0n) is 9.90.